The van der Waals surface area contributed by atoms with E-state index >= 15 is 0 Å². The van der Waals surface area contributed by atoms with E-state index in [0.717, 1.165) is 12.8 Å². The molecule has 2 fully saturated rings. The first-order chi connectivity index (χ1) is 8.75. The summed E-state index contributed by atoms with van der Waals surface area (Å²) in [6.07, 6.45) is 7.05. The van der Waals surface area contributed by atoms with Crippen LogP contribution in [0.3, 0.4) is 0 Å². The minimum absolute atomic E-state index is 0.00365. The van der Waals surface area contributed by atoms with Gasteiger partial charge in [-0.15, -0.1) is 0 Å². The van der Waals surface area contributed by atoms with Gasteiger partial charge in [0.05, 0.1) is 25.0 Å². The number of ether oxygens (including phenoxy) is 1. The molecule has 0 spiro atoms. The second-order valence-corrected chi connectivity index (χ2v) is 5.35. The van der Waals surface area contributed by atoms with Crippen molar-refractivity contribution >= 4 is 11.8 Å². The van der Waals surface area contributed by atoms with Crippen LogP contribution < -0.4 is 0 Å². The van der Waals surface area contributed by atoms with Crippen molar-refractivity contribution in [3.63, 3.8) is 0 Å². The summed E-state index contributed by atoms with van der Waals surface area (Å²) >= 11 is 0. The van der Waals surface area contributed by atoms with Crippen molar-refractivity contribution in [2.24, 2.45) is 11.8 Å². The van der Waals surface area contributed by atoms with Crippen molar-refractivity contribution in [3.8, 4) is 0 Å². The van der Waals surface area contributed by atoms with Crippen LogP contribution in [0, 0.1) is 11.8 Å². The molecular formula is C14H23NO3. The third-order valence-electron chi connectivity index (χ3n) is 3.98. The highest BCUT2D eigenvalue weighted by Gasteiger charge is 2.50. The first-order valence-corrected chi connectivity index (χ1v) is 7.18. The third-order valence-corrected chi connectivity index (χ3v) is 3.98. The Labute approximate surface area is 109 Å². The van der Waals surface area contributed by atoms with Crippen molar-refractivity contribution in [2.75, 3.05) is 19.8 Å². The minimum Gasteiger partial charge on any atom is -0.380 e. The molecule has 4 heteroatoms. The van der Waals surface area contributed by atoms with Crippen molar-refractivity contribution < 1.29 is 14.3 Å². The molecule has 0 N–H and O–H groups in total. The summed E-state index contributed by atoms with van der Waals surface area (Å²) in [7, 11) is 0. The summed E-state index contributed by atoms with van der Waals surface area (Å²) in [4.78, 5) is 25.4. The maximum absolute atomic E-state index is 12.0. The number of rotatable bonds is 7. The molecule has 0 aromatic carbocycles. The van der Waals surface area contributed by atoms with Crippen LogP contribution in [-0.4, -0.2) is 36.5 Å². The first-order valence-electron chi connectivity index (χ1n) is 7.18. The maximum Gasteiger partial charge on any atom is 0.235 e. The molecule has 0 aliphatic carbocycles. The van der Waals surface area contributed by atoms with Crippen LogP contribution in [0.2, 0.25) is 0 Å². The van der Waals surface area contributed by atoms with E-state index in [1.54, 1.807) is 0 Å². The smallest absolute Gasteiger partial charge is 0.235 e. The van der Waals surface area contributed by atoms with E-state index < -0.39 is 0 Å². The van der Waals surface area contributed by atoms with Gasteiger partial charge in [0.15, 0.2) is 0 Å². The number of hydrogen-bond acceptors (Lipinski definition) is 3. The van der Waals surface area contributed by atoms with E-state index in [2.05, 4.69) is 6.92 Å². The highest BCUT2D eigenvalue weighted by molar-refractivity contribution is 6.05. The average Bonchev–Trinajstić information content (AvgIpc) is 2.92. The van der Waals surface area contributed by atoms with Crippen molar-refractivity contribution in [2.45, 2.75) is 45.4 Å². The molecule has 2 atom stereocenters. The highest BCUT2D eigenvalue weighted by Crippen LogP contribution is 2.31. The van der Waals surface area contributed by atoms with Gasteiger partial charge in [0.1, 0.15) is 0 Å². The van der Waals surface area contributed by atoms with E-state index in [9.17, 15) is 9.59 Å². The van der Waals surface area contributed by atoms with Gasteiger partial charge < -0.3 is 4.74 Å². The lowest BCUT2D eigenvalue weighted by molar-refractivity contribution is -0.141. The molecule has 0 aromatic rings. The zero-order chi connectivity index (χ0) is 13.0. The number of likely N-dealkylation sites (tertiary alicyclic amines) is 1. The van der Waals surface area contributed by atoms with Gasteiger partial charge >= 0.3 is 0 Å². The molecule has 4 nitrogen and oxygen atoms in total. The van der Waals surface area contributed by atoms with Crippen molar-refractivity contribution in [1.29, 1.82) is 0 Å². The lowest BCUT2D eigenvalue weighted by atomic mass is 10.00. The van der Waals surface area contributed by atoms with Gasteiger partial charge in [-0.05, 0) is 6.42 Å². The Morgan fingerprint density at radius 2 is 1.56 bits per heavy atom. The molecule has 2 heterocycles. The summed E-state index contributed by atoms with van der Waals surface area (Å²) in [5.74, 6) is -0.373. The molecular weight excluding hydrogens is 230 g/mol. The summed E-state index contributed by atoms with van der Waals surface area (Å²) in [6, 6.07) is 0. The number of amides is 2. The van der Waals surface area contributed by atoms with E-state index in [-0.39, 0.29) is 23.7 Å². The van der Waals surface area contributed by atoms with Gasteiger partial charge in [-0.2, -0.15) is 0 Å². The van der Waals surface area contributed by atoms with Crippen LogP contribution in [0.1, 0.15) is 45.4 Å². The third kappa shape index (κ3) is 2.74. The molecule has 0 bridgehead atoms. The predicted octanol–water partition coefficient (Wildman–Crippen LogP) is 1.98. The Bertz CT molecular complexity index is 294. The van der Waals surface area contributed by atoms with Gasteiger partial charge in [-0.1, -0.05) is 39.0 Å². The maximum atomic E-state index is 12.0. The topological polar surface area (TPSA) is 46.6 Å². The Balaban J connectivity index is 1.70. The van der Waals surface area contributed by atoms with Crippen LogP contribution in [0.5, 0.6) is 0 Å². The molecule has 0 unspecified atom stereocenters. The van der Waals surface area contributed by atoms with E-state index in [0.29, 0.717) is 19.8 Å². The summed E-state index contributed by atoms with van der Waals surface area (Å²) in [5, 5.41) is 0. The minimum atomic E-state index is -0.183. The quantitative estimate of drug-likeness (QED) is 0.515. The Morgan fingerprint density at radius 3 is 2.17 bits per heavy atom. The number of hydrogen-bond donors (Lipinski definition) is 0. The van der Waals surface area contributed by atoms with Crippen LogP contribution in [0.25, 0.3) is 0 Å². The van der Waals surface area contributed by atoms with Gasteiger partial charge in [0.25, 0.3) is 0 Å². The average molecular weight is 253 g/mol. The van der Waals surface area contributed by atoms with E-state index in [1.807, 2.05) is 0 Å². The van der Waals surface area contributed by atoms with Gasteiger partial charge in [-0.3, -0.25) is 14.5 Å². The molecule has 2 saturated heterocycles. The SMILES string of the molecule is CCCCCCCCN1C(=O)[C@H]2COC[C@H]2C1=O. The first kappa shape index (κ1) is 13.5. The van der Waals surface area contributed by atoms with Crippen molar-refractivity contribution in [3.05, 3.63) is 0 Å². The molecule has 0 aromatic heterocycles. The Kier molecular flexibility index (Phi) is 4.75. The molecule has 18 heavy (non-hydrogen) atoms. The fourth-order valence-corrected chi connectivity index (χ4v) is 2.82. The van der Waals surface area contributed by atoms with Gasteiger partial charge in [0, 0.05) is 6.54 Å². The fraction of sp³-hybridized carbons (Fsp3) is 0.857. The van der Waals surface area contributed by atoms with E-state index in [1.165, 1.54) is 30.6 Å². The number of carbonyl (C=O) groups is 2. The van der Waals surface area contributed by atoms with E-state index in [4.69, 9.17) is 4.74 Å². The standard InChI is InChI=1S/C14H23NO3/c1-2-3-4-5-6-7-8-15-13(16)11-9-18-10-12(11)14(15)17/h11-12H,2-10H2,1H3/t11-,12+. The van der Waals surface area contributed by atoms with Crippen LogP contribution in [0.15, 0.2) is 0 Å². The number of imide groups is 1. The monoisotopic (exact) mass is 253 g/mol. The molecule has 0 radical (unpaired) electrons. The van der Waals surface area contributed by atoms with Gasteiger partial charge in [-0.25, -0.2) is 0 Å². The number of carbonyl (C=O) groups excluding carboxylic acids is 2. The molecule has 2 aliphatic heterocycles. The number of fused-ring (bicyclic) bond motifs is 1. The molecule has 2 aliphatic rings. The normalized spacial score (nSPS) is 27.1. The van der Waals surface area contributed by atoms with Gasteiger partial charge in [0.2, 0.25) is 11.8 Å². The summed E-state index contributed by atoms with van der Waals surface area (Å²) < 4.78 is 5.20. The lowest BCUT2D eigenvalue weighted by Gasteiger charge is -2.15. The Morgan fingerprint density at radius 1 is 1.00 bits per heavy atom. The Hall–Kier alpha value is -0.900. The molecule has 102 valence electrons. The largest absolute Gasteiger partial charge is 0.380 e. The molecule has 0 saturated carbocycles. The second kappa shape index (κ2) is 6.32. The van der Waals surface area contributed by atoms with Crippen molar-refractivity contribution in [1.82, 2.24) is 4.90 Å². The second-order valence-electron chi connectivity index (χ2n) is 5.35. The molecule has 2 rings (SSSR count). The number of unbranched alkanes of at least 4 members (excludes halogenated alkanes) is 5. The zero-order valence-electron chi connectivity index (χ0n) is 11.2. The summed E-state index contributed by atoms with van der Waals surface area (Å²) in [6.45, 7) is 3.67. The van der Waals surface area contributed by atoms with Crippen LogP contribution in [0.4, 0.5) is 0 Å². The number of nitrogens with zero attached hydrogens (tertiary/aromatic N) is 1. The van der Waals surface area contributed by atoms with Crippen LogP contribution in [-0.2, 0) is 14.3 Å². The zero-order valence-corrected chi connectivity index (χ0v) is 11.2. The van der Waals surface area contributed by atoms with Crippen LogP contribution >= 0.6 is 0 Å². The summed E-state index contributed by atoms with van der Waals surface area (Å²) in [5.41, 5.74) is 0. The fourth-order valence-electron chi connectivity index (χ4n) is 2.82. The molecule has 2 amide bonds. The predicted molar refractivity (Wildman–Crippen MR) is 67.9 cm³/mol. The highest BCUT2D eigenvalue weighted by atomic mass is 16.5. The lowest BCUT2D eigenvalue weighted by Crippen LogP contribution is -2.33.